The molecule has 170 valence electrons. The Labute approximate surface area is 199 Å². The van der Waals surface area contributed by atoms with Gasteiger partial charge in [0.05, 0.1) is 18.2 Å². The second-order valence-electron chi connectivity index (χ2n) is 6.98. The van der Waals surface area contributed by atoms with E-state index < -0.39 is 24.5 Å². The number of rotatable bonds is 7. The van der Waals surface area contributed by atoms with Gasteiger partial charge in [0.15, 0.2) is 12.4 Å². The molecular formula is C24H20ClNO6S. The van der Waals surface area contributed by atoms with Crippen molar-refractivity contribution in [3.63, 3.8) is 0 Å². The number of halogens is 1. The van der Waals surface area contributed by atoms with E-state index in [-0.39, 0.29) is 22.5 Å². The van der Waals surface area contributed by atoms with Gasteiger partial charge in [-0.1, -0.05) is 29.8 Å². The molecule has 0 aliphatic carbocycles. The average Bonchev–Trinajstić information content (AvgIpc) is 3.09. The summed E-state index contributed by atoms with van der Waals surface area (Å²) in [6.45, 7) is 2.97. The number of benzene rings is 2. The molecular weight excluding hydrogens is 466 g/mol. The fraction of sp³-hybridized carbons (Fsp3) is 0.167. The van der Waals surface area contributed by atoms with E-state index >= 15 is 0 Å². The molecule has 0 unspecified atom stereocenters. The molecule has 3 rings (SSSR count). The number of hydrogen-bond donors (Lipinski definition) is 1. The lowest BCUT2D eigenvalue weighted by Gasteiger charge is -2.10. The first kappa shape index (κ1) is 24.2. The SMILES string of the molecule is COC(=O)c1c(NC(=O)COC(=O)c2ccccc2C(=O)c2ccc(Cl)cc2)sc(C)c1C. The lowest BCUT2D eigenvalue weighted by molar-refractivity contribution is -0.119. The van der Waals surface area contributed by atoms with Crippen LogP contribution >= 0.6 is 22.9 Å². The number of ketones is 1. The Bertz CT molecular complexity index is 1230. The van der Waals surface area contributed by atoms with Crippen molar-refractivity contribution in [2.24, 2.45) is 0 Å². The Hall–Kier alpha value is -3.49. The van der Waals surface area contributed by atoms with Crippen molar-refractivity contribution in [3.8, 4) is 0 Å². The number of thiophene rings is 1. The highest BCUT2D eigenvalue weighted by atomic mass is 35.5. The normalized spacial score (nSPS) is 10.4. The van der Waals surface area contributed by atoms with Crippen LogP contribution in [0.15, 0.2) is 48.5 Å². The summed E-state index contributed by atoms with van der Waals surface area (Å²) in [6, 6.07) is 12.5. The second kappa shape index (κ2) is 10.4. The molecule has 0 aliphatic heterocycles. The molecule has 1 amide bonds. The molecule has 0 saturated heterocycles. The highest BCUT2D eigenvalue weighted by molar-refractivity contribution is 7.16. The number of ether oxygens (including phenoxy) is 2. The first-order valence-corrected chi connectivity index (χ1v) is 11.0. The van der Waals surface area contributed by atoms with Crippen molar-refractivity contribution in [2.75, 3.05) is 19.0 Å². The minimum absolute atomic E-state index is 0.0308. The van der Waals surface area contributed by atoms with Crippen molar-refractivity contribution >= 4 is 51.6 Å². The molecule has 9 heteroatoms. The van der Waals surface area contributed by atoms with E-state index in [0.29, 0.717) is 21.2 Å². The Morgan fingerprint density at radius 1 is 0.939 bits per heavy atom. The van der Waals surface area contributed by atoms with Crippen molar-refractivity contribution in [3.05, 3.63) is 86.2 Å². The number of carbonyl (C=O) groups is 4. The Kier molecular flexibility index (Phi) is 7.63. The van der Waals surface area contributed by atoms with Crippen LogP contribution in [-0.4, -0.2) is 37.3 Å². The summed E-state index contributed by atoms with van der Waals surface area (Å²) in [5, 5.41) is 3.38. The maximum absolute atomic E-state index is 12.9. The lowest BCUT2D eigenvalue weighted by atomic mass is 9.98. The molecule has 0 aliphatic rings. The van der Waals surface area contributed by atoms with Crippen LogP contribution in [0.5, 0.6) is 0 Å². The van der Waals surface area contributed by atoms with Gasteiger partial charge < -0.3 is 14.8 Å². The summed E-state index contributed by atoms with van der Waals surface area (Å²) in [5.41, 5.74) is 1.49. The smallest absolute Gasteiger partial charge is 0.341 e. The maximum Gasteiger partial charge on any atom is 0.341 e. The van der Waals surface area contributed by atoms with Gasteiger partial charge in [-0.3, -0.25) is 9.59 Å². The molecule has 3 aromatic rings. The number of hydrogen-bond acceptors (Lipinski definition) is 7. The van der Waals surface area contributed by atoms with E-state index in [0.717, 1.165) is 4.88 Å². The van der Waals surface area contributed by atoms with E-state index in [1.807, 2.05) is 6.92 Å². The van der Waals surface area contributed by atoms with Crippen LogP contribution in [-0.2, 0) is 14.3 Å². The molecule has 0 spiro atoms. The first-order valence-electron chi connectivity index (χ1n) is 9.77. The average molecular weight is 486 g/mol. The zero-order chi connectivity index (χ0) is 24.1. The van der Waals surface area contributed by atoms with Gasteiger partial charge in [-0.15, -0.1) is 11.3 Å². The molecule has 0 saturated carbocycles. The summed E-state index contributed by atoms with van der Waals surface area (Å²) >= 11 is 7.09. The first-order chi connectivity index (χ1) is 15.7. The van der Waals surface area contributed by atoms with Gasteiger partial charge in [0.25, 0.3) is 5.91 Å². The van der Waals surface area contributed by atoms with Crippen LogP contribution in [0.3, 0.4) is 0 Å². The standard InChI is InChI=1S/C24H20ClNO6S/c1-13-14(2)33-22(20(13)24(30)31-3)26-19(27)12-32-23(29)18-7-5-4-6-17(18)21(28)15-8-10-16(25)11-9-15/h4-11H,12H2,1-3H3,(H,26,27). The van der Waals surface area contributed by atoms with Gasteiger partial charge in [-0.2, -0.15) is 0 Å². The monoisotopic (exact) mass is 485 g/mol. The van der Waals surface area contributed by atoms with Crippen LogP contribution in [0.25, 0.3) is 0 Å². The second-order valence-corrected chi connectivity index (χ2v) is 8.65. The van der Waals surface area contributed by atoms with Crippen LogP contribution in [0.4, 0.5) is 5.00 Å². The summed E-state index contributed by atoms with van der Waals surface area (Å²) in [6.07, 6.45) is 0. The molecule has 0 fully saturated rings. The molecule has 7 nitrogen and oxygen atoms in total. The minimum atomic E-state index is -0.824. The molecule has 1 N–H and O–H groups in total. The molecule has 0 atom stereocenters. The van der Waals surface area contributed by atoms with Gasteiger partial charge in [0.2, 0.25) is 0 Å². The Balaban J connectivity index is 1.72. The van der Waals surface area contributed by atoms with E-state index in [2.05, 4.69) is 5.32 Å². The van der Waals surface area contributed by atoms with Crippen molar-refractivity contribution in [2.45, 2.75) is 13.8 Å². The van der Waals surface area contributed by atoms with Crippen LogP contribution in [0.1, 0.15) is 47.1 Å². The number of aryl methyl sites for hydroxylation is 1. The third-order valence-electron chi connectivity index (χ3n) is 4.86. The van der Waals surface area contributed by atoms with E-state index in [9.17, 15) is 19.2 Å². The summed E-state index contributed by atoms with van der Waals surface area (Å²) in [5.74, 6) is -2.40. The van der Waals surface area contributed by atoms with Crippen LogP contribution < -0.4 is 5.32 Å². The molecule has 1 aromatic heterocycles. The highest BCUT2D eigenvalue weighted by Gasteiger charge is 2.23. The minimum Gasteiger partial charge on any atom is -0.465 e. The molecule has 33 heavy (non-hydrogen) atoms. The van der Waals surface area contributed by atoms with Crippen molar-refractivity contribution in [1.82, 2.24) is 0 Å². The molecule has 2 aromatic carbocycles. The molecule has 1 heterocycles. The van der Waals surface area contributed by atoms with Crippen LogP contribution in [0.2, 0.25) is 5.02 Å². The zero-order valence-electron chi connectivity index (χ0n) is 18.1. The lowest BCUT2D eigenvalue weighted by Crippen LogP contribution is -2.22. The van der Waals surface area contributed by atoms with Crippen molar-refractivity contribution in [1.29, 1.82) is 0 Å². The fourth-order valence-electron chi connectivity index (χ4n) is 3.05. The van der Waals surface area contributed by atoms with Gasteiger partial charge in [0, 0.05) is 21.0 Å². The van der Waals surface area contributed by atoms with Gasteiger partial charge in [-0.05, 0) is 49.7 Å². The molecule has 0 bridgehead atoms. The topological polar surface area (TPSA) is 98.8 Å². The Morgan fingerprint density at radius 2 is 1.58 bits per heavy atom. The Morgan fingerprint density at radius 3 is 2.21 bits per heavy atom. The number of esters is 2. The largest absolute Gasteiger partial charge is 0.465 e. The van der Waals surface area contributed by atoms with Gasteiger partial charge in [-0.25, -0.2) is 9.59 Å². The number of nitrogens with one attached hydrogen (secondary N) is 1. The number of carbonyl (C=O) groups excluding carboxylic acids is 4. The fourth-order valence-corrected chi connectivity index (χ4v) is 4.24. The van der Waals surface area contributed by atoms with Crippen LogP contribution in [0, 0.1) is 13.8 Å². The third-order valence-corrected chi connectivity index (χ3v) is 6.23. The number of methoxy groups -OCH3 is 1. The van der Waals surface area contributed by atoms with Gasteiger partial charge in [0.1, 0.15) is 5.00 Å². The quantitative estimate of drug-likeness (QED) is 0.380. The summed E-state index contributed by atoms with van der Waals surface area (Å²) in [4.78, 5) is 50.8. The number of anilines is 1. The van der Waals surface area contributed by atoms with Crippen molar-refractivity contribution < 1.29 is 28.7 Å². The summed E-state index contributed by atoms with van der Waals surface area (Å²) in [7, 11) is 1.25. The highest BCUT2D eigenvalue weighted by Crippen LogP contribution is 2.32. The predicted molar refractivity (Wildman–Crippen MR) is 125 cm³/mol. The van der Waals surface area contributed by atoms with E-state index in [4.69, 9.17) is 21.1 Å². The summed E-state index contributed by atoms with van der Waals surface area (Å²) < 4.78 is 9.91. The predicted octanol–water partition coefficient (Wildman–Crippen LogP) is 4.83. The maximum atomic E-state index is 12.9. The molecule has 0 radical (unpaired) electrons. The zero-order valence-corrected chi connectivity index (χ0v) is 19.6. The van der Waals surface area contributed by atoms with Gasteiger partial charge >= 0.3 is 11.9 Å². The number of amides is 1. The van der Waals surface area contributed by atoms with E-state index in [1.54, 1.807) is 43.3 Å². The van der Waals surface area contributed by atoms with E-state index in [1.165, 1.54) is 30.6 Å². The third kappa shape index (κ3) is 5.47.